The SMILES string of the molecule is Cc1cc(C(=O)O)c2cc[nH]c2n1. The molecule has 0 aromatic carbocycles. The first-order valence-electron chi connectivity index (χ1n) is 3.86. The highest BCUT2D eigenvalue weighted by atomic mass is 16.4. The van der Waals surface area contributed by atoms with Crippen molar-refractivity contribution in [3.8, 4) is 0 Å². The molecule has 0 atom stereocenters. The standard InChI is InChI=1S/C9H8N2O2/c1-5-4-7(9(12)13)6-2-3-10-8(6)11-5/h2-4H,1H3,(H,10,11)(H,12,13). The molecule has 0 aliphatic carbocycles. The molecule has 4 heteroatoms. The molecule has 0 unspecified atom stereocenters. The summed E-state index contributed by atoms with van der Waals surface area (Å²) in [5, 5.41) is 9.54. The molecule has 0 fully saturated rings. The third-order valence-electron chi connectivity index (χ3n) is 1.89. The summed E-state index contributed by atoms with van der Waals surface area (Å²) < 4.78 is 0. The Bertz CT molecular complexity index is 473. The largest absolute Gasteiger partial charge is 0.478 e. The van der Waals surface area contributed by atoms with Crippen molar-refractivity contribution in [3.05, 3.63) is 29.6 Å². The lowest BCUT2D eigenvalue weighted by Crippen LogP contribution is -1.98. The van der Waals surface area contributed by atoms with E-state index in [9.17, 15) is 4.79 Å². The van der Waals surface area contributed by atoms with Crippen LogP contribution in [0.15, 0.2) is 18.3 Å². The number of nitrogens with one attached hydrogen (secondary N) is 1. The number of pyridine rings is 1. The van der Waals surface area contributed by atoms with Crippen LogP contribution in [0.3, 0.4) is 0 Å². The first kappa shape index (κ1) is 7.79. The minimum atomic E-state index is -0.921. The van der Waals surface area contributed by atoms with Crippen LogP contribution >= 0.6 is 0 Å². The van der Waals surface area contributed by atoms with Gasteiger partial charge >= 0.3 is 5.97 Å². The number of fused-ring (bicyclic) bond motifs is 1. The van der Waals surface area contributed by atoms with Crippen LogP contribution in [0.4, 0.5) is 0 Å². The van der Waals surface area contributed by atoms with Gasteiger partial charge in [0, 0.05) is 17.3 Å². The van der Waals surface area contributed by atoms with Crippen LogP contribution in [0.5, 0.6) is 0 Å². The van der Waals surface area contributed by atoms with Crippen molar-refractivity contribution < 1.29 is 9.90 Å². The van der Waals surface area contributed by atoms with Crippen LogP contribution < -0.4 is 0 Å². The van der Waals surface area contributed by atoms with Gasteiger partial charge in [0.2, 0.25) is 0 Å². The number of nitrogens with zero attached hydrogens (tertiary/aromatic N) is 1. The zero-order chi connectivity index (χ0) is 9.42. The molecule has 13 heavy (non-hydrogen) atoms. The van der Waals surface area contributed by atoms with Crippen LogP contribution in [0, 0.1) is 6.92 Å². The number of aromatic carboxylic acids is 1. The van der Waals surface area contributed by atoms with Gasteiger partial charge in [-0.2, -0.15) is 0 Å². The number of aromatic amines is 1. The van der Waals surface area contributed by atoms with Crippen LogP contribution in [-0.2, 0) is 0 Å². The summed E-state index contributed by atoms with van der Waals surface area (Å²) in [6.07, 6.45) is 1.68. The molecule has 0 saturated heterocycles. The van der Waals surface area contributed by atoms with E-state index >= 15 is 0 Å². The molecule has 2 aromatic heterocycles. The molecule has 0 aliphatic heterocycles. The quantitative estimate of drug-likeness (QED) is 0.693. The number of aromatic nitrogens is 2. The molecule has 0 radical (unpaired) electrons. The molecule has 0 spiro atoms. The molecule has 2 rings (SSSR count). The van der Waals surface area contributed by atoms with Crippen molar-refractivity contribution >= 4 is 17.0 Å². The van der Waals surface area contributed by atoms with Gasteiger partial charge in [-0.05, 0) is 19.1 Å². The molecule has 66 valence electrons. The monoisotopic (exact) mass is 176 g/mol. The zero-order valence-electron chi connectivity index (χ0n) is 7.03. The summed E-state index contributed by atoms with van der Waals surface area (Å²) >= 11 is 0. The zero-order valence-corrected chi connectivity index (χ0v) is 7.03. The summed E-state index contributed by atoms with van der Waals surface area (Å²) in [7, 11) is 0. The van der Waals surface area contributed by atoms with Gasteiger partial charge in [-0.15, -0.1) is 0 Å². The summed E-state index contributed by atoms with van der Waals surface area (Å²) in [5.74, 6) is -0.921. The number of carboxylic acid groups (broad SMARTS) is 1. The van der Waals surface area contributed by atoms with Gasteiger partial charge in [0.25, 0.3) is 0 Å². The first-order valence-corrected chi connectivity index (χ1v) is 3.86. The third-order valence-corrected chi connectivity index (χ3v) is 1.89. The van der Waals surface area contributed by atoms with Crippen LogP contribution in [0.25, 0.3) is 11.0 Å². The lowest BCUT2D eigenvalue weighted by atomic mass is 10.1. The van der Waals surface area contributed by atoms with Crippen LogP contribution in [0.1, 0.15) is 16.1 Å². The van der Waals surface area contributed by atoms with E-state index < -0.39 is 5.97 Å². The smallest absolute Gasteiger partial charge is 0.336 e. The highest BCUT2D eigenvalue weighted by Crippen LogP contribution is 2.16. The maximum atomic E-state index is 10.8. The van der Waals surface area contributed by atoms with Gasteiger partial charge in [-0.1, -0.05) is 0 Å². The van der Waals surface area contributed by atoms with Gasteiger partial charge in [0.05, 0.1) is 5.56 Å². The Balaban J connectivity index is 2.84. The predicted molar refractivity (Wildman–Crippen MR) is 47.8 cm³/mol. The van der Waals surface area contributed by atoms with Crippen molar-refractivity contribution in [1.29, 1.82) is 0 Å². The van der Waals surface area contributed by atoms with E-state index in [0.29, 0.717) is 22.3 Å². The van der Waals surface area contributed by atoms with Crippen LogP contribution in [-0.4, -0.2) is 21.0 Å². The Kier molecular flexibility index (Phi) is 1.55. The number of hydrogen-bond acceptors (Lipinski definition) is 2. The van der Waals surface area contributed by atoms with Gasteiger partial charge in [-0.3, -0.25) is 0 Å². The number of carboxylic acids is 1. The lowest BCUT2D eigenvalue weighted by Gasteiger charge is -1.98. The van der Waals surface area contributed by atoms with E-state index in [1.54, 1.807) is 25.3 Å². The summed E-state index contributed by atoms with van der Waals surface area (Å²) in [6, 6.07) is 3.28. The van der Waals surface area contributed by atoms with Crippen molar-refractivity contribution in [2.24, 2.45) is 0 Å². The Hall–Kier alpha value is -1.84. The molecule has 2 N–H and O–H groups in total. The Labute approximate surface area is 74.2 Å². The normalized spacial score (nSPS) is 10.5. The van der Waals surface area contributed by atoms with E-state index in [4.69, 9.17) is 5.11 Å². The molecule has 0 amide bonds. The molecule has 0 saturated carbocycles. The maximum absolute atomic E-state index is 10.8. The molecular formula is C9H8N2O2. The van der Waals surface area contributed by atoms with Crippen molar-refractivity contribution in [3.63, 3.8) is 0 Å². The average Bonchev–Trinajstić information content (AvgIpc) is 2.49. The van der Waals surface area contributed by atoms with Gasteiger partial charge in [-0.25, -0.2) is 9.78 Å². The van der Waals surface area contributed by atoms with E-state index in [-0.39, 0.29) is 0 Å². The molecule has 2 heterocycles. The van der Waals surface area contributed by atoms with Gasteiger partial charge in [0.1, 0.15) is 5.65 Å². The van der Waals surface area contributed by atoms with Crippen molar-refractivity contribution in [1.82, 2.24) is 9.97 Å². The van der Waals surface area contributed by atoms with Crippen molar-refractivity contribution in [2.45, 2.75) is 6.92 Å². The number of aryl methyl sites for hydroxylation is 1. The van der Waals surface area contributed by atoms with E-state index in [0.717, 1.165) is 0 Å². The fourth-order valence-corrected chi connectivity index (χ4v) is 1.34. The molecule has 4 nitrogen and oxygen atoms in total. The fourth-order valence-electron chi connectivity index (χ4n) is 1.34. The molecule has 0 aliphatic rings. The van der Waals surface area contributed by atoms with Gasteiger partial charge in [0.15, 0.2) is 0 Å². The molecule has 2 aromatic rings. The van der Waals surface area contributed by atoms with Gasteiger partial charge < -0.3 is 10.1 Å². The second-order valence-corrected chi connectivity index (χ2v) is 2.86. The number of rotatable bonds is 1. The van der Waals surface area contributed by atoms with E-state index in [2.05, 4.69) is 9.97 Å². The minimum Gasteiger partial charge on any atom is -0.478 e. The lowest BCUT2D eigenvalue weighted by molar-refractivity contribution is 0.0699. The second kappa shape index (κ2) is 2.58. The third kappa shape index (κ3) is 1.16. The number of H-pyrrole nitrogens is 1. The number of carbonyl (C=O) groups is 1. The first-order chi connectivity index (χ1) is 6.18. The maximum Gasteiger partial charge on any atom is 0.336 e. The van der Waals surface area contributed by atoms with Crippen molar-refractivity contribution in [2.75, 3.05) is 0 Å². The van der Waals surface area contributed by atoms with E-state index in [1.807, 2.05) is 0 Å². The Morgan fingerprint density at radius 1 is 1.62 bits per heavy atom. The fraction of sp³-hybridized carbons (Fsp3) is 0.111. The average molecular weight is 176 g/mol. The number of hydrogen-bond donors (Lipinski definition) is 2. The minimum absolute atomic E-state index is 0.295. The predicted octanol–water partition coefficient (Wildman–Crippen LogP) is 1.57. The Morgan fingerprint density at radius 3 is 3.08 bits per heavy atom. The molecular weight excluding hydrogens is 168 g/mol. The topological polar surface area (TPSA) is 66.0 Å². The summed E-state index contributed by atoms with van der Waals surface area (Å²) in [4.78, 5) is 17.9. The molecule has 0 bridgehead atoms. The summed E-state index contributed by atoms with van der Waals surface area (Å²) in [6.45, 7) is 1.77. The van der Waals surface area contributed by atoms with E-state index in [1.165, 1.54) is 0 Å². The highest BCUT2D eigenvalue weighted by molar-refractivity contribution is 6.01. The Morgan fingerprint density at radius 2 is 2.38 bits per heavy atom. The summed E-state index contributed by atoms with van der Waals surface area (Å²) in [5.41, 5.74) is 1.62. The second-order valence-electron chi connectivity index (χ2n) is 2.86. The highest BCUT2D eigenvalue weighted by Gasteiger charge is 2.10. The van der Waals surface area contributed by atoms with Crippen LogP contribution in [0.2, 0.25) is 0 Å².